The Bertz CT molecular complexity index is 2770. The van der Waals surface area contributed by atoms with Crippen molar-refractivity contribution in [2.45, 2.75) is 187 Å². The second-order valence-corrected chi connectivity index (χ2v) is 22.7. The molecule has 0 aliphatic carbocycles. The van der Waals surface area contributed by atoms with Gasteiger partial charge in [0.25, 0.3) is 0 Å². The Morgan fingerprint density at radius 1 is 0.189 bits per heavy atom. The summed E-state index contributed by atoms with van der Waals surface area (Å²) in [6, 6.07) is 62.6. The average molecular weight is 1880 g/mol. The number of aryl methyl sites for hydroxylation is 26. The van der Waals surface area contributed by atoms with E-state index in [0.717, 1.165) is 0 Å². The minimum Gasteiger partial charge on any atom is -0.180 e. The molecular weight excluding hydrogens is 1770 g/mol. The summed E-state index contributed by atoms with van der Waals surface area (Å²) in [7, 11) is 0. The van der Waals surface area contributed by atoms with Crippen LogP contribution >= 0.6 is 0 Å². The fraction of sp³-hybridized carbons (Fsp3) is 0.333. The second kappa shape index (κ2) is 61.8. The van der Waals surface area contributed by atoms with Gasteiger partial charge in [-0.05, 0) is 133 Å². The van der Waals surface area contributed by atoms with Gasteiger partial charge in [-0.25, -0.2) is 0 Å². The van der Waals surface area contributed by atoms with Gasteiger partial charge in [0, 0.05) is 300 Å². The van der Waals surface area contributed by atoms with Crippen LogP contribution in [0.2, 0.25) is 0 Å². The molecule has 9 heteroatoms. The molecule has 0 aromatic heterocycles. The van der Waals surface area contributed by atoms with Gasteiger partial charge in [-0.2, -0.15) is 174 Å². The SMILES string of the molecule is Cc1[c-]cc(C)c(C)c1.Cc1[c-]cc(C)c(C)c1.Cc1[c-]cc(C)c(C)c1.Cc1c[c-]c(C)c(C)c1.Cc1c[c-]c(C)c(C)c1.Cc1ccc(C)c(C)c1.Cc1ccc(C)c(C)c1.Cc1ccc(C)c(C)c1.Cc1cccc(C)c1C.[HH].[HH].[HH].[HH].[Y].[Y].[Y].[Y].[Y].[Y].[Y].[Y].[Y]. The van der Waals surface area contributed by atoms with Crippen LogP contribution in [0.1, 0.15) is 156 Å². The normalized spacial score (nSPS) is 8.70. The van der Waals surface area contributed by atoms with Crippen molar-refractivity contribution >= 4 is 0 Å². The Balaban J connectivity index is -0.0000000702. The van der Waals surface area contributed by atoms with Crippen molar-refractivity contribution < 1.29 is 300 Å². The quantitative estimate of drug-likeness (QED) is 0.133. The molecule has 9 radical (unpaired) electrons. The van der Waals surface area contributed by atoms with Crippen LogP contribution in [0, 0.1) is 217 Å². The van der Waals surface area contributed by atoms with E-state index < -0.39 is 0 Å². The van der Waals surface area contributed by atoms with Crippen LogP contribution in [0.3, 0.4) is 0 Å². The largest absolute Gasteiger partial charge is 0.180 e. The summed E-state index contributed by atoms with van der Waals surface area (Å²) in [6.45, 7) is 57.0. The zero-order valence-electron chi connectivity index (χ0n) is 60.9. The van der Waals surface area contributed by atoms with Gasteiger partial charge in [0.15, 0.2) is 0 Å². The summed E-state index contributed by atoms with van der Waals surface area (Å²) in [4.78, 5) is 0. The number of hydrogen-bond acceptors (Lipinski definition) is 0. The summed E-state index contributed by atoms with van der Waals surface area (Å²) in [5.74, 6) is 0. The molecule has 0 spiro atoms. The molecule has 0 aliphatic rings. The molecule has 0 nitrogen and oxygen atoms in total. The van der Waals surface area contributed by atoms with Crippen LogP contribution in [0.5, 0.6) is 0 Å². The van der Waals surface area contributed by atoms with Gasteiger partial charge < -0.3 is 0 Å². The van der Waals surface area contributed by atoms with E-state index in [9.17, 15) is 0 Å². The molecule has 9 aromatic carbocycles. The van der Waals surface area contributed by atoms with Crippen molar-refractivity contribution in [3.63, 3.8) is 0 Å². The topological polar surface area (TPSA) is 0 Å². The van der Waals surface area contributed by atoms with Crippen LogP contribution in [-0.2, 0) is 294 Å². The van der Waals surface area contributed by atoms with Gasteiger partial charge >= 0.3 is 0 Å². The zero-order chi connectivity index (χ0) is 61.7. The maximum Gasteiger partial charge on any atom is 0 e. The fourth-order valence-electron chi connectivity index (χ4n) is 7.68. The van der Waals surface area contributed by atoms with E-state index in [-0.39, 0.29) is 300 Å². The monoisotopic (exact) mass is 1880 g/mol. The molecule has 0 N–H and O–H groups in total. The average Bonchev–Trinajstić information content (AvgIpc) is 3.55. The number of hydrogen-bond donors (Lipinski definition) is 0. The molecule has 0 atom stereocenters. The van der Waals surface area contributed by atoms with E-state index in [2.05, 4.69) is 320 Å². The first-order chi connectivity index (χ1) is 37.8. The number of benzene rings is 9. The Morgan fingerprint density at radius 3 is 0.578 bits per heavy atom. The molecule has 0 saturated heterocycles. The van der Waals surface area contributed by atoms with Crippen LogP contribution in [0.15, 0.2) is 133 Å². The summed E-state index contributed by atoms with van der Waals surface area (Å²) < 4.78 is 0. The Kier molecular flexibility index (Phi) is 76.5. The summed E-state index contributed by atoms with van der Waals surface area (Å²) in [5, 5.41) is 0. The van der Waals surface area contributed by atoms with Gasteiger partial charge in [0.2, 0.25) is 0 Å². The summed E-state index contributed by atoms with van der Waals surface area (Å²) >= 11 is 0. The molecule has 467 valence electrons. The first-order valence-electron chi connectivity index (χ1n) is 28.7. The third kappa shape index (κ3) is 50.3. The second-order valence-electron chi connectivity index (χ2n) is 22.7. The predicted octanol–water partition coefficient (Wildman–Crippen LogP) is 23.5. The first-order valence-corrected chi connectivity index (χ1v) is 28.7. The molecule has 0 saturated carbocycles. The van der Waals surface area contributed by atoms with Crippen LogP contribution in [-0.4, -0.2) is 0 Å². The molecule has 9 aromatic rings. The van der Waals surface area contributed by atoms with Crippen molar-refractivity contribution in [1.29, 1.82) is 0 Å². The molecule has 0 heterocycles. The molecule has 9 rings (SSSR count). The minimum atomic E-state index is 0. The third-order valence-electron chi connectivity index (χ3n) is 14.7. The third-order valence-corrected chi connectivity index (χ3v) is 14.7. The van der Waals surface area contributed by atoms with Crippen molar-refractivity contribution in [2.24, 2.45) is 0 Å². The standard InChI is InChI=1S/3C9H12.5C9H11.C9H12.9Y.4H2/c8*1-7-4-5-8(2)9(3)6-7;1-7-5-4-6-8(2)9(7)3;;;;;;;;;;;;;/h3*4-6H,1-3H3;3*5-6H,1-3H3;2*4,6H,1-3H3;4-6H,1-3H3;;;;;;;;;;4*1H/q;;;5*-1;;;;;;;;;;;;;;. The molecule has 0 unspecified atom stereocenters. The molecule has 90 heavy (non-hydrogen) atoms. The first kappa shape index (κ1) is 111. The molecule has 0 fully saturated rings. The van der Waals surface area contributed by atoms with E-state index >= 15 is 0 Å². The van der Waals surface area contributed by atoms with Crippen molar-refractivity contribution in [3.8, 4) is 0 Å². The maximum atomic E-state index is 3.17. The van der Waals surface area contributed by atoms with E-state index in [1.165, 1.54) is 150 Å². The smallest absolute Gasteiger partial charge is 0 e. The van der Waals surface area contributed by atoms with Crippen molar-refractivity contribution in [2.75, 3.05) is 0 Å². The van der Waals surface area contributed by atoms with Crippen molar-refractivity contribution in [1.82, 2.24) is 0 Å². The molecule has 0 amide bonds. The zero-order valence-corrected chi connectivity index (χ0v) is 86.4. The van der Waals surface area contributed by atoms with Gasteiger partial charge in [0.1, 0.15) is 0 Å². The maximum absolute atomic E-state index is 3.17. The predicted molar refractivity (Wildman–Crippen MR) is 369 cm³/mol. The van der Waals surface area contributed by atoms with E-state index in [0.29, 0.717) is 0 Å². The summed E-state index contributed by atoms with van der Waals surface area (Å²) in [6.07, 6.45) is 0. The fourth-order valence-corrected chi connectivity index (χ4v) is 7.68. The molecule has 0 aliphatic heterocycles. The summed E-state index contributed by atoms with van der Waals surface area (Å²) in [5.41, 5.74) is 35.9. The van der Waals surface area contributed by atoms with Crippen LogP contribution in [0.25, 0.3) is 0 Å². The van der Waals surface area contributed by atoms with Gasteiger partial charge in [0.05, 0.1) is 0 Å². The molecule has 0 bridgehead atoms. The molecular formula is C81H111Y9-5. The van der Waals surface area contributed by atoms with E-state index in [4.69, 9.17) is 0 Å². The Hall–Kier alpha value is 2.92. The minimum absolute atomic E-state index is 0. The number of rotatable bonds is 0. The van der Waals surface area contributed by atoms with Gasteiger partial charge in [-0.15, -0.1) is 0 Å². The van der Waals surface area contributed by atoms with Gasteiger partial charge in [-0.1, -0.05) is 193 Å². The Labute approximate surface area is 786 Å². The van der Waals surface area contributed by atoms with E-state index in [1.54, 1.807) is 0 Å². The van der Waals surface area contributed by atoms with Crippen LogP contribution in [0.4, 0.5) is 0 Å². The van der Waals surface area contributed by atoms with E-state index in [1.807, 2.05) is 30.3 Å². The Morgan fingerprint density at radius 2 is 0.411 bits per heavy atom. The van der Waals surface area contributed by atoms with Crippen molar-refractivity contribution in [3.05, 3.63) is 314 Å². The van der Waals surface area contributed by atoms with Gasteiger partial charge in [-0.3, -0.25) is 0 Å². The van der Waals surface area contributed by atoms with Crippen LogP contribution < -0.4 is 0 Å².